The normalized spacial score (nSPS) is 10.4. The van der Waals surface area contributed by atoms with Gasteiger partial charge in [-0.15, -0.1) is 0 Å². The summed E-state index contributed by atoms with van der Waals surface area (Å²) >= 11 is 0. The first-order valence-corrected chi connectivity index (χ1v) is 17.6. The van der Waals surface area contributed by atoms with Crippen LogP contribution in [0.4, 0.5) is 0 Å². The molecule has 0 bridgehead atoms. The molecule has 3 aromatic rings. The van der Waals surface area contributed by atoms with Crippen molar-refractivity contribution in [1.29, 1.82) is 0 Å². The number of esters is 2. The minimum atomic E-state index is -0.388. The van der Waals surface area contributed by atoms with E-state index in [9.17, 15) is 14.4 Å². The van der Waals surface area contributed by atoms with Gasteiger partial charge < -0.3 is 37.9 Å². The molecule has 0 heterocycles. The minimum Gasteiger partial charge on any atom is -0.494 e. The highest BCUT2D eigenvalue weighted by Crippen LogP contribution is 2.24. The third-order valence-electron chi connectivity index (χ3n) is 7.42. The van der Waals surface area contributed by atoms with Gasteiger partial charge >= 0.3 is 11.9 Å². The molecule has 0 aliphatic carbocycles. The smallest absolute Gasteiger partial charge is 0.330 e. The highest BCUT2D eigenvalue weighted by Gasteiger charge is 2.07. The molecule has 0 radical (unpaired) electrons. The molecule has 0 atom stereocenters. The molecular formula is C41H50O11. The van der Waals surface area contributed by atoms with Crippen molar-refractivity contribution < 1.29 is 52.3 Å². The lowest BCUT2D eigenvalue weighted by Crippen LogP contribution is -2.11. The maximum atomic E-state index is 11.7. The van der Waals surface area contributed by atoms with Crippen LogP contribution in [0.3, 0.4) is 0 Å². The summed E-state index contributed by atoms with van der Waals surface area (Å²) in [6.07, 6.45) is 10.4. The third kappa shape index (κ3) is 17.5. The van der Waals surface area contributed by atoms with Gasteiger partial charge in [0.1, 0.15) is 60.9 Å². The van der Waals surface area contributed by atoms with Crippen molar-refractivity contribution >= 4 is 18.2 Å². The van der Waals surface area contributed by atoms with Crippen LogP contribution < -0.4 is 28.4 Å². The van der Waals surface area contributed by atoms with Gasteiger partial charge in [0, 0.05) is 12.2 Å². The van der Waals surface area contributed by atoms with Crippen LogP contribution in [0.2, 0.25) is 0 Å². The molecule has 3 aromatic carbocycles. The summed E-state index contributed by atoms with van der Waals surface area (Å²) in [5.74, 6) is 3.10. The van der Waals surface area contributed by atoms with Gasteiger partial charge in [-0.3, -0.25) is 4.79 Å². The second-order valence-corrected chi connectivity index (χ2v) is 11.4. The van der Waals surface area contributed by atoms with E-state index in [1.807, 2.05) is 48.5 Å². The van der Waals surface area contributed by atoms with Crippen molar-refractivity contribution in [2.45, 2.75) is 51.4 Å². The number of hydrogen-bond acceptors (Lipinski definition) is 11. The summed E-state index contributed by atoms with van der Waals surface area (Å²) in [7, 11) is 0. The number of unbranched alkanes of at least 4 members (excludes halogenated alkanes) is 6. The van der Waals surface area contributed by atoms with Gasteiger partial charge in [0.15, 0.2) is 6.29 Å². The zero-order valence-electron chi connectivity index (χ0n) is 29.8. The summed E-state index contributed by atoms with van der Waals surface area (Å²) in [5.41, 5.74) is 0.376. The number of benzene rings is 3. The molecule has 3 rings (SSSR count). The first-order valence-electron chi connectivity index (χ1n) is 17.6. The fourth-order valence-electron chi connectivity index (χ4n) is 4.69. The molecule has 0 spiro atoms. The van der Waals surface area contributed by atoms with Crippen molar-refractivity contribution in [2.75, 3.05) is 52.9 Å². The first kappa shape index (κ1) is 41.0. The minimum absolute atomic E-state index is 0.250. The van der Waals surface area contributed by atoms with E-state index in [-0.39, 0.29) is 25.2 Å². The lowest BCUT2D eigenvalue weighted by atomic mass is 10.2. The molecule has 0 N–H and O–H groups in total. The van der Waals surface area contributed by atoms with Gasteiger partial charge in [0.25, 0.3) is 0 Å². The largest absolute Gasteiger partial charge is 0.494 e. The van der Waals surface area contributed by atoms with E-state index in [1.54, 1.807) is 18.2 Å². The van der Waals surface area contributed by atoms with Gasteiger partial charge in [0.05, 0.1) is 32.0 Å². The summed E-state index contributed by atoms with van der Waals surface area (Å²) in [6.45, 7) is 9.93. The quantitative estimate of drug-likeness (QED) is 0.0303. The van der Waals surface area contributed by atoms with Crippen molar-refractivity contribution in [3.8, 4) is 34.5 Å². The maximum absolute atomic E-state index is 11.7. The van der Waals surface area contributed by atoms with Crippen LogP contribution in [0.1, 0.15) is 61.7 Å². The molecule has 0 aliphatic rings. The number of ether oxygens (including phenoxy) is 8. The molecule has 0 saturated carbocycles. The summed E-state index contributed by atoms with van der Waals surface area (Å²) in [5, 5.41) is 0. The fourth-order valence-corrected chi connectivity index (χ4v) is 4.69. The maximum Gasteiger partial charge on any atom is 0.330 e. The van der Waals surface area contributed by atoms with E-state index in [0.717, 1.165) is 69.2 Å². The Hall–Kier alpha value is -5.45. The Morgan fingerprint density at radius 3 is 1.19 bits per heavy atom. The van der Waals surface area contributed by atoms with Crippen LogP contribution in [0.25, 0.3) is 0 Å². The highest BCUT2D eigenvalue weighted by atomic mass is 16.5. The van der Waals surface area contributed by atoms with E-state index in [1.165, 1.54) is 12.2 Å². The van der Waals surface area contributed by atoms with E-state index in [2.05, 4.69) is 13.2 Å². The van der Waals surface area contributed by atoms with Crippen LogP contribution in [-0.2, 0) is 19.1 Å². The molecule has 0 amide bonds. The van der Waals surface area contributed by atoms with Gasteiger partial charge in [-0.2, -0.15) is 0 Å². The SMILES string of the molecule is C=CC(=O)OCCCCCCOc1ccc(OCCOc2ccc(OCCOc3ccc(OCCCCCCOC(=O)C=C)cc3)c(C=O)c2)cc1. The van der Waals surface area contributed by atoms with Crippen LogP contribution in [0, 0.1) is 0 Å². The Morgan fingerprint density at radius 2 is 0.788 bits per heavy atom. The summed E-state index contributed by atoms with van der Waals surface area (Å²) in [6, 6.07) is 19.9. The number of carbonyl (C=O) groups is 3. The zero-order chi connectivity index (χ0) is 37.1. The molecular weight excluding hydrogens is 668 g/mol. The summed E-state index contributed by atoms with van der Waals surface area (Å²) in [4.78, 5) is 33.7. The number of carbonyl (C=O) groups excluding carboxylic acids is 3. The van der Waals surface area contributed by atoms with E-state index in [4.69, 9.17) is 37.9 Å². The Bertz CT molecular complexity index is 1490. The summed E-state index contributed by atoms with van der Waals surface area (Å²) < 4.78 is 44.6. The fraction of sp³-hybridized carbons (Fsp3) is 0.390. The molecule has 0 aliphatic heterocycles. The number of hydrogen-bond donors (Lipinski definition) is 0. The zero-order valence-corrected chi connectivity index (χ0v) is 29.8. The Kier molecular flexibility index (Phi) is 20.1. The Balaban J connectivity index is 1.23. The van der Waals surface area contributed by atoms with Crippen LogP contribution >= 0.6 is 0 Å². The molecule has 0 saturated heterocycles. The van der Waals surface area contributed by atoms with Gasteiger partial charge in [-0.1, -0.05) is 13.2 Å². The highest BCUT2D eigenvalue weighted by molar-refractivity contribution is 5.81. The van der Waals surface area contributed by atoms with Crippen molar-refractivity contribution in [1.82, 2.24) is 0 Å². The Labute approximate surface area is 306 Å². The lowest BCUT2D eigenvalue weighted by molar-refractivity contribution is -0.138. The van der Waals surface area contributed by atoms with Crippen LogP contribution in [0.5, 0.6) is 34.5 Å². The first-order chi connectivity index (χ1) is 25.5. The van der Waals surface area contributed by atoms with Crippen molar-refractivity contribution in [2.24, 2.45) is 0 Å². The Morgan fingerprint density at radius 1 is 0.442 bits per heavy atom. The molecule has 52 heavy (non-hydrogen) atoms. The third-order valence-corrected chi connectivity index (χ3v) is 7.42. The molecule has 0 unspecified atom stereocenters. The standard InChI is InChI=1S/C41H50O11/c1-3-40(43)51-25-11-7-5-9-23-45-34-13-17-36(18-14-34)47-27-28-49-38-21-22-39(33(31-38)32-42)50-30-29-48-37-19-15-35(16-20-37)46-24-10-6-8-12-26-52-41(44)4-2/h3-4,13-22,31-32H,1-2,5-12,23-30H2. The molecule has 0 aromatic heterocycles. The van der Waals surface area contributed by atoms with Gasteiger partial charge in [-0.05, 0) is 118 Å². The molecule has 11 nitrogen and oxygen atoms in total. The van der Waals surface area contributed by atoms with Gasteiger partial charge in [-0.25, -0.2) is 9.59 Å². The average molecular weight is 719 g/mol. The van der Waals surface area contributed by atoms with E-state index < -0.39 is 0 Å². The lowest BCUT2D eigenvalue weighted by Gasteiger charge is -2.13. The second kappa shape index (κ2) is 25.5. The van der Waals surface area contributed by atoms with Crippen molar-refractivity contribution in [3.63, 3.8) is 0 Å². The average Bonchev–Trinajstić information content (AvgIpc) is 3.18. The predicted molar refractivity (Wildman–Crippen MR) is 197 cm³/mol. The second-order valence-electron chi connectivity index (χ2n) is 11.4. The van der Waals surface area contributed by atoms with Crippen LogP contribution in [0.15, 0.2) is 92.0 Å². The molecule has 11 heteroatoms. The van der Waals surface area contributed by atoms with Crippen molar-refractivity contribution in [3.05, 3.63) is 97.6 Å². The predicted octanol–water partition coefficient (Wildman–Crippen LogP) is 7.75. The van der Waals surface area contributed by atoms with Gasteiger partial charge in [0.2, 0.25) is 0 Å². The molecule has 280 valence electrons. The van der Waals surface area contributed by atoms with E-state index in [0.29, 0.717) is 68.2 Å². The number of rotatable bonds is 29. The van der Waals surface area contributed by atoms with E-state index >= 15 is 0 Å². The number of aldehydes is 1. The monoisotopic (exact) mass is 718 g/mol. The topological polar surface area (TPSA) is 125 Å². The van der Waals surface area contributed by atoms with Crippen LogP contribution in [-0.4, -0.2) is 71.1 Å². The molecule has 0 fully saturated rings.